The van der Waals surface area contributed by atoms with Crippen molar-refractivity contribution in [3.8, 4) is 0 Å². The molecule has 0 spiro atoms. The minimum Gasteiger partial charge on any atom is -0.381 e. The third kappa shape index (κ3) is 3.31. The van der Waals surface area contributed by atoms with Crippen molar-refractivity contribution < 1.29 is 19.5 Å². The normalized spacial score (nSPS) is 17.1. The highest BCUT2D eigenvalue weighted by Gasteiger charge is 2.19. The van der Waals surface area contributed by atoms with Crippen molar-refractivity contribution in [2.24, 2.45) is 10.8 Å². The first-order chi connectivity index (χ1) is 7.50. The van der Waals surface area contributed by atoms with Crippen molar-refractivity contribution in [1.29, 1.82) is 0 Å². The number of amides is 3. The summed E-state index contributed by atoms with van der Waals surface area (Å²) in [5.74, 6) is -1.71. The van der Waals surface area contributed by atoms with Crippen LogP contribution in [-0.4, -0.2) is 41.2 Å². The van der Waals surface area contributed by atoms with Crippen molar-refractivity contribution >= 4 is 23.4 Å². The molecule has 8 heteroatoms. The Hall–Kier alpha value is -1.96. The van der Waals surface area contributed by atoms with E-state index in [-0.39, 0.29) is 31.0 Å². The summed E-state index contributed by atoms with van der Waals surface area (Å²) in [6.45, 7) is -0.277. The molecule has 8 nitrogen and oxygen atoms in total. The lowest BCUT2D eigenvalue weighted by Gasteiger charge is -2.12. The average molecular weight is 228 g/mol. The quantitative estimate of drug-likeness (QED) is 0.414. The van der Waals surface area contributed by atoms with Gasteiger partial charge in [-0.15, -0.1) is 0 Å². The number of carbonyl (C=O) groups excluding carboxylic acids is 3. The molecule has 5 N–H and O–H groups in total. The summed E-state index contributed by atoms with van der Waals surface area (Å²) >= 11 is 0. The van der Waals surface area contributed by atoms with E-state index >= 15 is 0 Å². The number of hydrogen-bond acceptors (Lipinski definition) is 5. The largest absolute Gasteiger partial charge is 0.381 e. The number of rotatable bonds is 4. The van der Waals surface area contributed by atoms with E-state index in [1.54, 1.807) is 0 Å². The van der Waals surface area contributed by atoms with Gasteiger partial charge in [0, 0.05) is 12.8 Å². The molecule has 1 heterocycles. The van der Waals surface area contributed by atoms with Crippen LogP contribution in [-0.2, 0) is 14.4 Å². The van der Waals surface area contributed by atoms with Crippen LogP contribution in [0.15, 0.2) is 5.10 Å². The van der Waals surface area contributed by atoms with Crippen LogP contribution in [0.1, 0.15) is 12.8 Å². The molecule has 0 saturated heterocycles. The van der Waals surface area contributed by atoms with Crippen LogP contribution in [0, 0.1) is 0 Å². The highest BCUT2D eigenvalue weighted by atomic mass is 16.3. The Morgan fingerprint density at radius 3 is 2.75 bits per heavy atom. The smallest absolute Gasteiger partial charge is 0.267 e. The monoisotopic (exact) mass is 228 g/mol. The lowest BCUT2D eigenvalue weighted by atomic mass is 10.1. The highest BCUT2D eigenvalue weighted by molar-refractivity contribution is 6.39. The summed E-state index contributed by atoms with van der Waals surface area (Å²) in [7, 11) is 0. The first kappa shape index (κ1) is 12.1. The zero-order chi connectivity index (χ0) is 12.1. The van der Waals surface area contributed by atoms with E-state index in [0.29, 0.717) is 0 Å². The number of primary amides is 1. The topological polar surface area (TPSA) is 134 Å². The third-order valence-electron chi connectivity index (χ3n) is 1.95. The number of carbonyl (C=O) groups is 3. The molecule has 0 aromatic rings. The van der Waals surface area contributed by atoms with Gasteiger partial charge in [0.2, 0.25) is 11.8 Å². The van der Waals surface area contributed by atoms with Gasteiger partial charge in [0.25, 0.3) is 5.91 Å². The highest BCUT2D eigenvalue weighted by Crippen LogP contribution is 1.99. The number of hydrogen-bond donors (Lipinski definition) is 4. The summed E-state index contributed by atoms with van der Waals surface area (Å²) in [5, 5.41) is 14.8. The molecule has 88 valence electrons. The van der Waals surface area contributed by atoms with Gasteiger partial charge in [-0.25, -0.2) is 5.43 Å². The molecule has 0 saturated carbocycles. The maximum Gasteiger partial charge on any atom is 0.267 e. The van der Waals surface area contributed by atoms with Crippen LogP contribution in [0.3, 0.4) is 0 Å². The number of nitrogens with zero attached hydrogens (tertiary/aromatic N) is 1. The van der Waals surface area contributed by atoms with Crippen molar-refractivity contribution in [3.05, 3.63) is 0 Å². The molecule has 0 aromatic carbocycles. The second-order valence-corrected chi connectivity index (χ2v) is 3.22. The lowest BCUT2D eigenvalue weighted by molar-refractivity contribution is -0.126. The summed E-state index contributed by atoms with van der Waals surface area (Å²) in [6.07, 6.45) is -1.02. The molecule has 1 unspecified atom stereocenters. The summed E-state index contributed by atoms with van der Waals surface area (Å²) < 4.78 is 0. The first-order valence-corrected chi connectivity index (χ1v) is 4.61. The van der Waals surface area contributed by atoms with Crippen LogP contribution in [0.2, 0.25) is 0 Å². The molecule has 0 bridgehead atoms. The fraction of sp³-hybridized carbons (Fsp3) is 0.500. The molecule has 3 amide bonds. The van der Waals surface area contributed by atoms with E-state index in [2.05, 4.69) is 15.8 Å². The SMILES string of the molecule is NC(=O)C(O)CNC(=O)C1=NNC(=O)CC1. The molecule has 0 aliphatic carbocycles. The van der Waals surface area contributed by atoms with Crippen molar-refractivity contribution in [2.75, 3.05) is 6.54 Å². The van der Waals surface area contributed by atoms with E-state index in [1.165, 1.54) is 0 Å². The Morgan fingerprint density at radius 2 is 2.25 bits per heavy atom. The van der Waals surface area contributed by atoms with Crippen LogP contribution in [0.5, 0.6) is 0 Å². The molecule has 0 aromatic heterocycles. The average Bonchev–Trinajstić information content (AvgIpc) is 2.26. The van der Waals surface area contributed by atoms with E-state index < -0.39 is 17.9 Å². The van der Waals surface area contributed by atoms with Crippen molar-refractivity contribution in [3.63, 3.8) is 0 Å². The molecule has 1 aliphatic rings. The van der Waals surface area contributed by atoms with Gasteiger partial charge in [-0.2, -0.15) is 5.10 Å². The van der Waals surface area contributed by atoms with E-state index in [0.717, 1.165) is 0 Å². The maximum atomic E-state index is 11.4. The molecule has 1 aliphatic heterocycles. The van der Waals surface area contributed by atoms with Gasteiger partial charge in [0.15, 0.2) is 0 Å². The van der Waals surface area contributed by atoms with Gasteiger partial charge >= 0.3 is 0 Å². The first-order valence-electron chi connectivity index (χ1n) is 4.61. The Kier molecular flexibility index (Phi) is 3.95. The molecule has 16 heavy (non-hydrogen) atoms. The van der Waals surface area contributed by atoms with Gasteiger partial charge < -0.3 is 16.2 Å². The van der Waals surface area contributed by atoms with E-state index in [1.807, 2.05) is 0 Å². The van der Waals surface area contributed by atoms with E-state index in [4.69, 9.17) is 10.8 Å². The van der Waals surface area contributed by atoms with Gasteiger partial charge in [-0.1, -0.05) is 0 Å². The van der Waals surface area contributed by atoms with Crippen molar-refractivity contribution in [1.82, 2.24) is 10.7 Å². The second-order valence-electron chi connectivity index (χ2n) is 3.22. The molecular weight excluding hydrogens is 216 g/mol. The molecule has 1 atom stereocenters. The van der Waals surface area contributed by atoms with Crippen LogP contribution in [0.4, 0.5) is 0 Å². The number of aliphatic hydroxyl groups excluding tert-OH is 1. The van der Waals surface area contributed by atoms with Gasteiger partial charge in [-0.05, 0) is 0 Å². The standard InChI is InChI=1S/C8H12N4O4/c9-7(15)5(13)3-10-8(16)4-1-2-6(14)12-11-4/h5,13H,1-3H2,(H2,9,15)(H,10,16)(H,12,14). The number of aliphatic hydroxyl groups is 1. The van der Waals surface area contributed by atoms with E-state index in [9.17, 15) is 14.4 Å². The molecule has 1 rings (SSSR count). The molecule has 0 fully saturated rings. The van der Waals surface area contributed by atoms with Crippen LogP contribution < -0.4 is 16.5 Å². The van der Waals surface area contributed by atoms with Gasteiger partial charge in [0.05, 0.1) is 6.54 Å². The summed E-state index contributed by atoms with van der Waals surface area (Å²) in [4.78, 5) is 32.6. The summed E-state index contributed by atoms with van der Waals surface area (Å²) in [5.41, 5.74) is 7.10. The number of hydrazone groups is 1. The zero-order valence-electron chi connectivity index (χ0n) is 8.40. The minimum atomic E-state index is -1.43. The fourth-order valence-electron chi connectivity index (χ4n) is 1.03. The predicted octanol–water partition coefficient (Wildman–Crippen LogP) is -2.79. The Morgan fingerprint density at radius 1 is 1.56 bits per heavy atom. The van der Waals surface area contributed by atoms with Crippen molar-refractivity contribution in [2.45, 2.75) is 18.9 Å². The van der Waals surface area contributed by atoms with Gasteiger partial charge in [0.1, 0.15) is 11.8 Å². The zero-order valence-corrected chi connectivity index (χ0v) is 8.40. The second kappa shape index (κ2) is 5.21. The minimum absolute atomic E-state index is 0.149. The third-order valence-corrected chi connectivity index (χ3v) is 1.95. The number of nitrogens with one attached hydrogen (secondary N) is 2. The molecule has 0 radical (unpaired) electrons. The van der Waals surface area contributed by atoms with Crippen LogP contribution in [0.25, 0.3) is 0 Å². The van der Waals surface area contributed by atoms with Crippen LogP contribution >= 0.6 is 0 Å². The summed E-state index contributed by atoms with van der Waals surface area (Å²) in [6, 6.07) is 0. The molecular formula is C8H12N4O4. The number of nitrogens with two attached hydrogens (primary N) is 1. The Balaban J connectivity index is 2.41. The van der Waals surface area contributed by atoms with Gasteiger partial charge in [-0.3, -0.25) is 14.4 Å². The Bertz CT molecular complexity index is 352. The lowest BCUT2D eigenvalue weighted by Crippen LogP contribution is -2.43. The Labute approximate surface area is 90.9 Å². The maximum absolute atomic E-state index is 11.4. The predicted molar refractivity (Wildman–Crippen MR) is 53.0 cm³/mol. The fourth-order valence-corrected chi connectivity index (χ4v) is 1.03.